The number of fused-ring (bicyclic) bond motifs is 1. The van der Waals surface area contributed by atoms with Crippen LogP contribution in [0.3, 0.4) is 0 Å². The maximum Gasteiger partial charge on any atom is 0.243 e. The Morgan fingerprint density at radius 3 is 2.59 bits per heavy atom. The molecule has 0 spiro atoms. The molecular formula is C20H23N3O3S. The van der Waals surface area contributed by atoms with Crippen molar-refractivity contribution < 1.29 is 13.2 Å². The molecule has 1 aromatic carbocycles. The van der Waals surface area contributed by atoms with Crippen LogP contribution in [0.2, 0.25) is 0 Å². The van der Waals surface area contributed by atoms with Gasteiger partial charge in [-0.25, -0.2) is 13.4 Å². The van der Waals surface area contributed by atoms with Crippen molar-refractivity contribution in [2.24, 2.45) is 5.92 Å². The number of aromatic nitrogens is 1. The van der Waals surface area contributed by atoms with E-state index in [1.807, 2.05) is 18.2 Å². The standard InChI is InChI=1S/C20H23N3O3S/c24-20(22-19-6-1-2-11-21-19)16-9-12-23(13-10-16)27(25,26)18-8-7-15-4-3-5-17(15)14-18/h1-2,6-8,11,14,16H,3-5,9-10,12-13H2,(H,21,22,24). The number of pyridine rings is 1. The molecule has 1 N–H and O–H groups in total. The van der Waals surface area contributed by atoms with Gasteiger partial charge in [0.25, 0.3) is 0 Å². The third kappa shape index (κ3) is 3.75. The van der Waals surface area contributed by atoms with Crippen LogP contribution in [-0.2, 0) is 27.7 Å². The zero-order valence-electron chi connectivity index (χ0n) is 15.1. The Bertz CT molecular complexity index is 936. The second kappa shape index (κ2) is 7.40. The molecule has 142 valence electrons. The molecule has 2 aromatic rings. The van der Waals surface area contributed by atoms with Crippen molar-refractivity contribution in [3.8, 4) is 0 Å². The van der Waals surface area contributed by atoms with Crippen LogP contribution in [-0.4, -0.2) is 36.7 Å². The average Bonchev–Trinajstić information content (AvgIpc) is 3.17. The van der Waals surface area contributed by atoms with Gasteiger partial charge in [-0.2, -0.15) is 4.31 Å². The zero-order chi connectivity index (χ0) is 18.9. The van der Waals surface area contributed by atoms with Gasteiger partial charge < -0.3 is 5.32 Å². The molecule has 4 rings (SSSR count). The summed E-state index contributed by atoms with van der Waals surface area (Å²) in [5.74, 6) is 0.234. The number of hydrogen-bond donors (Lipinski definition) is 1. The number of piperidine rings is 1. The van der Waals surface area contributed by atoms with Crippen LogP contribution in [0.1, 0.15) is 30.4 Å². The lowest BCUT2D eigenvalue weighted by molar-refractivity contribution is -0.120. The molecule has 1 amide bonds. The van der Waals surface area contributed by atoms with Crippen LogP contribution >= 0.6 is 0 Å². The molecule has 2 aliphatic rings. The van der Waals surface area contributed by atoms with Crippen molar-refractivity contribution in [2.75, 3.05) is 18.4 Å². The molecule has 1 aliphatic heterocycles. The van der Waals surface area contributed by atoms with E-state index in [0.29, 0.717) is 36.6 Å². The summed E-state index contributed by atoms with van der Waals surface area (Å²) in [6, 6.07) is 10.8. The first-order valence-electron chi connectivity index (χ1n) is 9.38. The Morgan fingerprint density at radius 2 is 1.85 bits per heavy atom. The molecule has 27 heavy (non-hydrogen) atoms. The number of nitrogens with one attached hydrogen (secondary N) is 1. The Labute approximate surface area is 159 Å². The minimum absolute atomic E-state index is 0.0942. The van der Waals surface area contributed by atoms with E-state index in [9.17, 15) is 13.2 Å². The number of rotatable bonds is 4. The van der Waals surface area contributed by atoms with Crippen LogP contribution in [0.15, 0.2) is 47.5 Å². The number of hydrogen-bond acceptors (Lipinski definition) is 4. The van der Waals surface area contributed by atoms with Crippen molar-refractivity contribution in [2.45, 2.75) is 37.0 Å². The molecule has 1 aliphatic carbocycles. The minimum Gasteiger partial charge on any atom is -0.310 e. The van der Waals surface area contributed by atoms with E-state index >= 15 is 0 Å². The molecule has 1 saturated heterocycles. The topological polar surface area (TPSA) is 79.4 Å². The lowest BCUT2D eigenvalue weighted by Gasteiger charge is -2.30. The SMILES string of the molecule is O=C(Nc1ccccn1)C1CCN(S(=O)(=O)c2ccc3c(c2)CCC3)CC1. The van der Waals surface area contributed by atoms with E-state index in [0.717, 1.165) is 24.8 Å². The fourth-order valence-electron chi connectivity index (χ4n) is 3.88. The smallest absolute Gasteiger partial charge is 0.243 e. The van der Waals surface area contributed by atoms with Crippen LogP contribution in [0.25, 0.3) is 0 Å². The van der Waals surface area contributed by atoms with Crippen molar-refractivity contribution in [1.82, 2.24) is 9.29 Å². The van der Waals surface area contributed by atoms with E-state index in [1.54, 1.807) is 24.4 Å². The van der Waals surface area contributed by atoms with E-state index in [4.69, 9.17) is 0 Å². The summed E-state index contributed by atoms with van der Waals surface area (Å²) in [4.78, 5) is 16.9. The summed E-state index contributed by atoms with van der Waals surface area (Å²) >= 11 is 0. The second-order valence-electron chi connectivity index (χ2n) is 7.17. The molecule has 1 aromatic heterocycles. The van der Waals surface area contributed by atoms with E-state index < -0.39 is 10.0 Å². The summed E-state index contributed by atoms with van der Waals surface area (Å²) in [5.41, 5.74) is 2.42. The van der Waals surface area contributed by atoms with Crippen molar-refractivity contribution in [3.63, 3.8) is 0 Å². The van der Waals surface area contributed by atoms with Gasteiger partial charge in [-0.15, -0.1) is 0 Å². The fraction of sp³-hybridized carbons (Fsp3) is 0.400. The predicted molar refractivity (Wildman–Crippen MR) is 103 cm³/mol. The van der Waals surface area contributed by atoms with Crippen LogP contribution in [0, 0.1) is 5.92 Å². The normalized spacial score (nSPS) is 18.2. The third-order valence-corrected chi connectivity index (χ3v) is 7.34. The summed E-state index contributed by atoms with van der Waals surface area (Å²) < 4.78 is 27.4. The van der Waals surface area contributed by atoms with Crippen LogP contribution in [0.4, 0.5) is 5.82 Å². The number of nitrogens with zero attached hydrogens (tertiary/aromatic N) is 2. The second-order valence-corrected chi connectivity index (χ2v) is 9.10. The van der Waals surface area contributed by atoms with Crippen molar-refractivity contribution in [1.29, 1.82) is 0 Å². The van der Waals surface area contributed by atoms with Gasteiger partial charge >= 0.3 is 0 Å². The lowest BCUT2D eigenvalue weighted by Crippen LogP contribution is -2.41. The van der Waals surface area contributed by atoms with Crippen molar-refractivity contribution in [3.05, 3.63) is 53.7 Å². The van der Waals surface area contributed by atoms with Gasteiger partial charge in [-0.3, -0.25) is 4.79 Å². The Hall–Kier alpha value is -2.25. The Morgan fingerprint density at radius 1 is 1.07 bits per heavy atom. The summed E-state index contributed by atoms with van der Waals surface area (Å²) in [7, 11) is -3.50. The Balaban J connectivity index is 1.40. The quantitative estimate of drug-likeness (QED) is 0.877. The first kappa shape index (κ1) is 18.1. The predicted octanol–water partition coefficient (Wildman–Crippen LogP) is 2.61. The molecule has 0 saturated carbocycles. The van der Waals surface area contributed by atoms with Crippen molar-refractivity contribution >= 4 is 21.7 Å². The van der Waals surface area contributed by atoms with E-state index in [1.165, 1.54) is 9.87 Å². The average molecular weight is 385 g/mol. The highest BCUT2D eigenvalue weighted by atomic mass is 32.2. The molecule has 6 nitrogen and oxygen atoms in total. The number of sulfonamides is 1. The largest absolute Gasteiger partial charge is 0.310 e. The summed E-state index contributed by atoms with van der Waals surface area (Å²) in [6.45, 7) is 0.722. The highest BCUT2D eigenvalue weighted by Crippen LogP contribution is 2.28. The Kier molecular flexibility index (Phi) is 4.97. The number of anilines is 1. The molecular weight excluding hydrogens is 362 g/mol. The lowest BCUT2D eigenvalue weighted by atomic mass is 9.97. The number of aryl methyl sites for hydroxylation is 2. The monoisotopic (exact) mass is 385 g/mol. The number of carbonyl (C=O) groups excluding carboxylic acids is 1. The van der Waals surface area contributed by atoms with Gasteiger partial charge in [-0.05, 0) is 67.5 Å². The van der Waals surface area contributed by atoms with Gasteiger partial charge in [0.05, 0.1) is 4.90 Å². The summed E-state index contributed by atoms with van der Waals surface area (Å²) in [5, 5.41) is 2.81. The van der Waals surface area contributed by atoms with Crippen LogP contribution in [0.5, 0.6) is 0 Å². The maximum atomic E-state index is 13.0. The molecule has 1 fully saturated rings. The van der Waals surface area contributed by atoms with E-state index in [2.05, 4.69) is 10.3 Å². The van der Waals surface area contributed by atoms with E-state index in [-0.39, 0.29) is 11.8 Å². The number of amides is 1. The number of benzene rings is 1. The molecule has 0 radical (unpaired) electrons. The van der Waals surface area contributed by atoms with Gasteiger partial charge in [0, 0.05) is 25.2 Å². The third-order valence-electron chi connectivity index (χ3n) is 5.45. The minimum atomic E-state index is -3.50. The first-order chi connectivity index (χ1) is 13.0. The van der Waals surface area contributed by atoms with Gasteiger partial charge in [0.2, 0.25) is 15.9 Å². The molecule has 7 heteroatoms. The maximum absolute atomic E-state index is 13.0. The first-order valence-corrected chi connectivity index (χ1v) is 10.8. The zero-order valence-corrected chi connectivity index (χ0v) is 15.9. The fourth-order valence-corrected chi connectivity index (χ4v) is 5.40. The highest BCUT2D eigenvalue weighted by Gasteiger charge is 2.32. The van der Waals surface area contributed by atoms with Gasteiger partial charge in [0.1, 0.15) is 5.82 Å². The molecule has 0 atom stereocenters. The molecule has 2 heterocycles. The summed E-state index contributed by atoms with van der Waals surface area (Å²) in [6.07, 6.45) is 5.74. The van der Waals surface area contributed by atoms with Gasteiger partial charge in [-0.1, -0.05) is 12.1 Å². The molecule has 0 unspecified atom stereocenters. The van der Waals surface area contributed by atoms with Crippen LogP contribution < -0.4 is 5.32 Å². The highest BCUT2D eigenvalue weighted by molar-refractivity contribution is 7.89. The number of carbonyl (C=O) groups is 1. The van der Waals surface area contributed by atoms with Gasteiger partial charge in [0.15, 0.2) is 0 Å². The molecule has 0 bridgehead atoms.